The number of ether oxygens (including phenoxy) is 1. The summed E-state index contributed by atoms with van der Waals surface area (Å²) >= 11 is 0. The zero-order valence-corrected chi connectivity index (χ0v) is 18.4. The van der Waals surface area contributed by atoms with Crippen LogP contribution in [-0.4, -0.2) is 64.5 Å². The van der Waals surface area contributed by atoms with E-state index in [0.29, 0.717) is 39.0 Å². The van der Waals surface area contributed by atoms with Crippen molar-refractivity contribution in [2.75, 3.05) is 13.2 Å². The lowest BCUT2D eigenvalue weighted by Crippen LogP contribution is -2.51. The van der Waals surface area contributed by atoms with Gasteiger partial charge in [0.1, 0.15) is 0 Å². The average molecular weight is 452 g/mol. The van der Waals surface area contributed by atoms with Crippen molar-refractivity contribution in [3.8, 4) is 0 Å². The van der Waals surface area contributed by atoms with Crippen LogP contribution < -0.4 is 16.2 Å². The molecule has 0 aromatic carbocycles. The number of aliphatic hydroxyl groups is 1. The van der Waals surface area contributed by atoms with Crippen molar-refractivity contribution in [1.29, 1.82) is 0 Å². The molecule has 2 amide bonds. The molecule has 0 bridgehead atoms. The van der Waals surface area contributed by atoms with E-state index in [1.54, 1.807) is 10.6 Å². The number of nitrogens with zero attached hydrogens (tertiary/aromatic N) is 1. The molecule has 0 spiro atoms. The molecule has 0 unspecified atom stereocenters. The fourth-order valence-electron chi connectivity index (χ4n) is 4.09. The van der Waals surface area contributed by atoms with Gasteiger partial charge in [0.05, 0.1) is 18.8 Å². The predicted octanol–water partition coefficient (Wildman–Crippen LogP) is 0.189. The molecular weight excluding hydrogens is 418 g/mol. The first-order valence-corrected chi connectivity index (χ1v) is 11.0. The van der Waals surface area contributed by atoms with Gasteiger partial charge in [-0.15, -0.1) is 0 Å². The number of carboxylic acid groups (broad SMARTS) is 1. The van der Waals surface area contributed by atoms with Gasteiger partial charge in [-0.2, -0.15) is 0 Å². The lowest BCUT2D eigenvalue weighted by molar-refractivity contribution is -0.129. The molecule has 4 N–H and O–H groups in total. The van der Waals surface area contributed by atoms with E-state index < -0.39 is 6.10 Å². The minimum Gasteiger partial charge on any atom is -0.483 e. The SMILES string of the molecule is Cc1cccc(=O)n1CCC(=O)NC1CCC(C(=O)N[C@@H]2COCC[C@@H]2O)CC1.O=CO. The van der Waals surface area contributed by atoms with Gasteiger partial charge in [0, 0.05) is 43.3 Å². The summed E-state index contributed by atoms with van der Waals surface area (Å²) in [5.41, 5.74) is 0.739. The molecule has 10 nitrogen and oxygen atoms in total. The second-order valence-corrected chi connectivity index (χ2v) is 8.17. The second-order valence-electron chi connectivity index (χ2n) is 8.17. The van der Waals surface area contributed by atoms with Gasteiger partial charge in [0.2, 0.25) is 11.8 Å². The summed E-state index contributed by atoms with van der Waals surface area (Å²) in [7, 11) is 0. The molecule has 1 saturated heterocycles. The van der Waals surface area contributed by atoms with Gasteiger partial charge in [-0.25, -0.2) is 0 Å². The van der Waals surface area contributed by atoms with Crippen molar-refractivity contribution in [3.05, 3.63) is 34.2 Å². The van der Waals surface area contributed by atoms with Crippen LogP contribution in [0.25, 0.3) is 0 Å². The van der Waals surface area contributed by atoms with E-state index >= 15 is 0 Å². The van der Waals surface area contributed by atoms with Crippen LogP contribution in [0.5, 0.6) is 0 Å². The van der Waals surface area contributed by atoms with E-state index in [2.05, 4.69) is 10.6 Å². The second kappa shape index (κ2) is 13.0. The van der Waals surface area contributed by atoms with Gasteiger partial charge >= 0.3 is 0 Å². The highest BCUT2D eigenvalue weighted by molar-refractivity contribution is 5.79. The highest BCUT2D eigenvalue weighted by Crippen LogP contribution is 2.25. The Labute approximate surface area is 187 Å². The van der Waals surface area contributed by atoms with E-state index in [1.807, 2.05) is 13.0 Å². The summed E-state index contributed by atoms with van der Waals surface area (Å²) < 4.78 is 6.93. The standard InChI is InChI=1S/C21H31N3O5.CH2O2/c1-14-3-2-4-20(27)24(14)11-9-19(26)22-16-7-5-15(6-8-16)21(28)23-17-13-29-12-10-18(17)25;2-1-3/h2-4,15-18,25H,5-13H2,1H3,(H,22,26)(H,23,28);1H,(H,2,3)/t15?,16?,17-,18+;/m1./s1. The average Bonchev–Trinajstić information content (AvgIpc) is 2.76. The summed E-state index contributed by atoms with van der Waals surface area (Å²) in [6, 6.07) is 4.78. The number of hydrogen-bond acceptors (Lipinski definition) is 6. The Hall–Kier alpha value is -2.72. The third-order valence-electron chi connectivity index (χ3n) is 5.94. The molecule has 2 atom stereocenters. The van der Waals surface area contributed by atoms with Crippen LogP contribution in [0.3, 0.4) is 0 Å². The van der Waals surface area contributed by atoms with Gasteiger partial charge in [-0.05, 0) is 45.1 Å². The summed E-state index contributed by atoms with van der Waals surface area (Å²) in [6.07, 6.45) is 3.15. The number of amides is 2. The number of aliphatic hydroxyl groups excluding tert-OH is 1. The molecule has 1 aromatic rings. The van der Waals surface area contributed by atoms with Gasteiger partial charge in [0.15, 0.2) is 0 Å². The molecule has 2 fully saturated rings. The van der Waals surface area contributed by atoms with E-state index in [0.717, 1.165) is 18.5 Å². The third kappa shape index (κ3) is 7.76. The quantitative estimate of drug-likeness (QED) is 0.451. The molecular formula is C22H33N3O7. The van der Waals surface area contributed by atoms with Crippen LogP contribution >= 0.6 is 0 Å². The van der Waals surface area contributed by atoms with Crippen molar-refractivity contribution in [2.45, 2.75) is 70.2 Å². The van der Waals surface area contributed by atoms with Crippen molar-refractivity contribution < 1.29 is 29.3 Å². The minimum absolute atomic E-state index is 0.0387. The van der Waals surface area contributed by atoms with E-state index in [4.69, 9.17) is 14.6 Å². The Morgan fingerprint density at radius 2 is 1.88 bits per heavy atom. The molecule has 1 aromatic heterocycles. The van der Waals surface area contributed by atoms with Crippen LogP contribution in [0.15, 0.2) is 23.0 Å². The van der Waals surface area contributed by atoms with E-state index in [9.17, 15) is 19.5 Å². The molecule has 2 aliphatic rings. The molecule has 2 heterocycles. The first kappa shape index (κ1) is 25.5. The van der Waals surface area contributed by atoms with Crippen molar-refractivity contribution >= 4 is 18.3 Å². The molecule has 1 saturated carbocycles. The summed E-state index contributed by atoms with van der Waals surface area (Å²) in [6.45, 7) is 2.84. The normalized spacial score (nSPS) is 25.1. The molecule has 3 rings (SSSR count). The van der Waals surface area contributed by atoms with Crippen LogP contribution in [0.2, 0.25) is 0 Å². The minimum atomic E-state index is -0.552. The number of carbonyl (C=O) groups excluding carboxylic acids is 2. The lowest BCUT2D eigenvalue weighted by Gasteiger charge is -2.32. The number of hydrogen-bond donors (Lipinski definition) is 4. The van der Waals surface area contributed by atoms with E-state index in [-0.39, 0.29) is 48.3 Å². The maximum atomic E-state index is 12.5. The number of nitrogens with one attached hydrogen (secondary N) is 2. The Bertz CT molecular complexity index is 818. The fraction of sp³-hybridized carbons (Fsp3) is 0.636. The highest BCUT2D eigenvalue weighted by Gasteiger charge is 2.31. The molecule has 0 radical (unpaired) electrons. The van der Waals surface area contributed by atoms with Crippen LogP contribution in [0, 0.1) is 12.8 Å². The van der Waals surface area contributed by atoms with Crippen LogP contribution in [0.4, 0.5) is 0 Å². The first-order valence-electron chi connectivity index (χ1n) is 11.0. The number of aryl methyl sites for hydroxylation is 1. The molecule has 1 aliphatic carbocycles. The summed E-state index contributed by atoms with van der Waals surface area (Å²) in [5, 5.41) is 22.8. The molecule has 32 heavy (non-hydrogen) atoms. The lowest BCUT2D eigenvalue weighted by atomic mass is 9.85. The highest BCUT2D eigenvalue weighted by atomic mass is 16.5. The Balaban J connectivity index is 0.00000114. The Morgan fingerprint density at radius 3 is 2.50 bits per heavy atom. The van der Waals surface area contributed by atoms with Crippen LogP contribution in [0.1, 0.15) is 44.2 Å². The summed E-state index contributed by atoms with van der Waals surface area (Å²) in [5.74, 6) is -0.207. The zero-order chi connectivity index (χ0) is 23.5. The Morgan fingerprint density at radius 1 is 1.19 bits per heavy atom. The third-order valence-corrected chi connectivity index (χ3v) is 5.94. The van der Waals surface area contributed by atoms with Crippen molar-refractivity contribution in [3.63, 3.8) is 0 Å². The van der Waals surface area contributed by atoms with E-state index in [1.165, 1.54) is 6.07 Å². The van der Waals surface area contributed by atoms with Gasteiger partial charge in [0.25, 0.3) is 12.0 Å². The predicted molar refractivity (Wildman–Crippen MR) is 116 cm³/mol. The van der Waals surface area contributed by atoms with Gasteiger partial charge in [-0.3, -0.25) is 19.2 Å². The number of rotatable bonds is 6. The van der Waals surface area contributed by atoms with Gasteiger partial charge in [-0.1, -0.05) is 6.07 Å². The Kier molecular flexibility index (Phi) is 10.4. The number of aromatic nitrogens is 1. The number of carbonyl (C=O) groups is 3. The van der Waals surface area contributed by atoms with Gasteiger partial charge < -0.3 is 30.2 Å². The number of pyridine rings is 1. The summed E-state index contributed by atoms with van der Waals surface area (Å²) in [4.78, 5) is 45.0. The maximum Gasteiger partial charge on any atom is 0.290 e. The monoisotopic (exact) mass is 451 g/mol. The topological polar surface area (TPSA) is 147 Å². The maximum absolute atomic E-state index is 12.5. The smallest absolute Gasteiger partial charge is 0.290 e. The molecule has 1 aliphatic heterocycles. The van der Waals surface area contributed by atoms with Crippen molar-refractivity contribution in [1.82, 2.24) is 15.2 Å². The zero-order valence-electron chi connectivity index (χ0n) is 18.4. The van der Waals surface area contributed by atoms with Crippen molar-refractivity contribution in [2.24, 2.45) is 5.92 Å². The molecule has 10 heteroatoms. The largest absolute Gasteiger partial charge is 0.483 e. The van der Waals surface area contributed by atoms with Crippen LogP contribution in [-0.2, 0) is 25.7 Å². The molecule has 178 valence electrons. The fourth-order valence-corrected chi connectivity index (χ4v) is 4.09. The first-order chi connectivity index (χ1) is 15.3.